The fourth-order valence-electron chi connectivity index (χ4n) is 1.41. The number of nitrogens with zero attached hydrogens (tertiary/aromatic N) is 2. The zero-order chi connectivity index (χ0) is 13.4. The second-order valence-corrected chi connectivity index (χ2v) is 3.74. The standard InChI is InChI=1S/C14H16N2O2/c1-3-18-14(17)13(9-15)10-16-11(2)12-7-5-4-6-8-12/h4-8,10-11,13H,3H2,1-2H3/t11-,13-/m1/s1. The second kappa shape index (κ2) is 7.23. The van der Waals surface area contributed by atoms with Gasteiger partial charge in [-0.15, -0.1) is 0 Å². The van der Waals surface area contributed by atoms with Crippen molar-refractivity contribution in [2.75, 3.05) is 6.61 Å². The molecule has 0 saturated heterocycles. The minimum Gasteiger partial charge on any atom is -0.465 e. The van der Waals surface area contributed by atoms with E-state index in [0.717, 1.165) is 5.56 Å². The highest BCUT2D eigenvalue weighted by Crippen LogP contribution is 2.15. The third kappa shape index (κ3) is 4.02. The molecule has 0 unspecified atom stereocenters. The molecular formula is C14H16N2O2. The van der Waals surface area contributed by atoms with Gasteiger partial charge in [0.15, 0.2) is 5.92 Å². The van der Waals surface area contributed by atoms with Crippen LogP contribution in [-0.4, -0.2) is 18.8 Å². The first-order chi connectivity index (χ1) is 8.69. The molecule has 4 heteroatoms. The Labute approximate surface area is 107 Å². The van der Waals surface area contributed by atoms with E-state index in [-0.39, 0.29) is 12.6 Å². The highest BCUT2D eigenvalue weighted by molar-refractivity contribution is 5.92. The predicted octanol–water partition coefficient (Wildman–Crippen LogP) is 2.52. The molecule has 2 atom stereocenters. The van der Waals surface area contributed by atoms with Gasteiger partial charge in [0.05, 0.1) is 18.7 Å². The summed E-state index contributed by atoms with van der Waals surface area (Å²) in [6.45, 7) is 3.88. The van der Waals surface area contributed by atoms with E-state index in [2.05, 4.69) is 4.99 Å². The number of ether oxygens (including phenoxy) is 1. The van der Waals surface area contributed by atoms with Crippen molar-refractivity contribution >= 4 is 12.2 Å². The van der Waals surface area contributed by atoms with Gasteiger partial charge in [-0.2, -0.15) is 5.26 Å². The smallest absolute Gasteiger partial charge is 0.328 e. The van der Waals surface area contributed by atoms with Crippen molar-refractivity contribution in [1.29, 1.82) is 5.26 Å². The largest absolute Gasteiger partial charge is 0.465 e. The van der Waals surface area contributed by atoms with Gasteiger partial charge in [-0.1, -0.05) is 30.3 Å². The topological polar surface area (TPSA) is 62.5 Å². The van der Waals surface area contributed by atoms with E-state index in [9.17, 15) is 4.79 Å². The number of esters is 1. The second-order valence-electron chi connectivity index (χ2n) is 3.74. The Morgan fingerprint density at radius 3 is 2.72 bits per heavy atom. The molecule has 0 aliphatic rings. The highest BCUT2D eigenvalue weighted by Gasteiger charge is 2.16. The Kier molecular flexibility index (Phi) is 5.59. The summed E-state index contributed by atoms with van der Waals surface area (Å²) in [5.41, 5.74) is 1.04. The molecule has 1 aromatic rings. The Morgan fingerprint density at radius 1 is 1.50 bits per heavy atom. The van der Waals surface area contributed by atoms with Crippen LogP contribution in [0.4, 0.5) is 0 Å². The number of hydrogen-bond acceptors (Lipinski definition) is 4. The molecule has 4 nitrogen and oxygen atoms in total. The first-order valence-corrected chi connectivity index (χ1v) is 5.83. The van der Waals surface area contributed by atoms with Crippen molar-refractivity contribution in [2.45, 2.75) is 19.9 Å². The van der Waals surface area contributed by atoms with Gasteiger partial charge < -0.3 is 4.74 Å². The molecule has 0 amide bonds. The number of carbonyl (C=O) groups is 1. The number of aliphatic imine (C=N–C) groups is 1. The van der Waals surface area contributed by atoms with Crippen LogP contribution in [-0.2, 0) is 9.53 Å². The molecule has 0 spiro atoms. The Hall–Kier alpha value is -2.15. The van der Waals surface area contributed by atoms with Crippen molar-refractivity contribution in [3.05, 3.63) is 35.9 Å². The minimum absolute atomic E-state index is 0.0866. The van der Waals surface area contributed by atoms with Crippen LogP contribution in [0.5, 0.6) is 0 Å². The highest BCUT2D eigenvalue weighted by atomic mass is 16.5. The first kappa shape index (κ1) is 13.9. The number of benzene rings is 1. The van der Waals surface area contributed by atoms with E-state index in [1.807, 2.05) is 43.3 Å². The number of rotatable bonds is 5. The molecule has 18 heavy (non-hydrogen) atoms. The van der Waals surface area contributed by atoms with E-state index in [0.29, 0.717) is 0 Å². The van der Waals surface area contributed by atoms with E-state index in [1.165, 1.54) is 6.21 Å². The zero-order valence-electron chi connectivity index (χ0n) is 10.5. The zero-order valence-corrected chi connectivity index (χ0v) is 10.5. The maximum atomic E-state index is 11.4. The maximum Gasteiger partial charge on any atom is 0.328 e. The van der Waals surface area contributed by atoms with Crippen LogP contribution in [0.2, 0.25) is 0 Å². The lowest BCUT2D eigenvalue weighted by molar-refractivity contribution is -0.143. The average Bonchev–Trinajstić information content (AvgIpc) is 2.40. The van der Waals surface area contributed by atoms with Crippen molar-refractivity contribution < 1.29 is 9.53 Å². The molecule has 0 aliphatic heterocycles. The summed E-state index contributed by atoms with van der Waals surface area (Å²) >= 11 is 0. The quantitative estimate of drug-likeness (QED) is 0.590. The predicted molar refractivity (Wildman–Crippen MR) is 69.1 cm³/mol. The summed E-state index contributed by atoms with van der Waals surface area (Å²) in [5.74, 6) is -1.49. The fourth-order valence-corrected chi connectivity index (χ4v) is 1.41. The van der Waals surface area contributed by atoms with Gasteiger partial charge in [-0.05, 0) is 19.4 Å². The lowest BCUT2D eigenvalue weighted by atomic mass is 10.1. The molecule has 1 rings (SSSR count). The normalized spacial score (nSPS) is 13.8. The van der Waals surface area contributed by atoms with Crippen LogP contribution < -0.4 is 0 Å². The van der Waals surface area contributed by atoms with Gasteiger partial charge in [-0.25, -0.2) is 0 Å². The molecule has 0 aliphatic carbocycles. The van der Waals surface area contributed by atoms with Gasteiger partial charge in [0.1, 0.15) is 0 Å². The molecule has 0 bridgehead atoms. The fraction of sp³-hybridized carbons (Fsp3) is 0.357. The number of carbonyl (C=O) groups excluding carboxylic acids is 1. The summed E-state index contributed by atoms with van der Waals surface area (Å²) in [7, 11) is 0. The third-order valence-electron chi connectivity index (χ3n) is 2.42. The Bertz CT molecular complexity index is 449. The van der Waals surface area contributed by atoms with Gasteiger partial charge in [-0.3, -0.25) is 9.79 Å². The van der Waals surface area contributed by atoms with E-state index in [4.69, 9.17) is 10.00 Å². The summed E-state index contributed by atoms with van der Waals surface area (Å²) in [4.78, 5) is 15.6. The number of nitriles is 1. The van der Waals surface area contributed by atoms with Crippen molar-refractivity contribution in [2.24, 2.45) is 10.9 Å². The molecule has 0 radical (unpaired) electrons. The Balaban J connectivity index is 2.68. The molecule has 94 valence electrons. The molecule has 0 N–H and O–H groups in total. The molecule has 0 saturated carbocycles. The molecule has 0 aromatic heterocycles. The van der Waals surface area contributed by atoms with Crippen LogP contribution in [0.15, 0.2) is 35.3 Å². The first-order valence-electron chi connectivity index (χ1n) is 5.83. The van der Waals surface area contributed by atoms with Gasteiger partial charge >= 0.3 is 5.97 Å². The maximum absolute atomic E-state index is 11.4. The molecular weight excluding hydrogens is 228 g/mol. The summed E-state index contributed by atoms with van der Waals surface area (Å²) in [6, 6.07) is 11.5. The van der Waals surface area contributed by atoms with Crippen molar-refractivity contribution in [1.82, 2.24) is 0 Å². The van der Waals surface area contributed by atoms with Crippen LogP contribution >= 0.6 is 0 Å². The van der Waals surface area contributed by atoms with Crippen LogP contribution in [0.25, 0.3) is 0 Å². The monoisotopic (exact) mass is 244 g/mol. The van der Waals surface area contributed by atoms with Crippen LogP contribution in [0.1, 0.15) is 25.5 Å². The summed E-state index contributed by atoms with van der Waals surface area (Å²) in [5, 5.41) is 8.86. The van der Waals surface area contributed by atoms with Gasteiger partial charge in [0.25, 0.3) is 0 Å². The van der Waals surface area contributed by atoms with Crippen molar-refractivity contribution in [3.8, 4) is 6.07 Å². The number of hydrogen-bond donors (Lipinski definition) is 0. The van der Waals surface area contributed by atoms with Gasteiger partial charge in [0, 0.05) is 6.21 Å². The lowest BCUT2D eigenvalue weighted by Crippen LogP contribution is -2.17. The molecule has 0 heterocycles. The van der Waals surface area contributed by atoms with Crippen molar-refractivity contribution in [3.63, 3.8) is 0 Å². The average molecular weight is 244 g/mol. The minimum atomic E-state index is -0.934. The van der Waals surface area contributed by atoms with E-state index < -0.39 is 11.9 Å². The SMILES string of the molecule is CCOC(=O)[C@H](C#N)C=N[C@H](C)c1ccccc1. The summed E-state index contributed by atoms with van der Waals surface area (Å²) in [6.07, 6.45) is 1.36. The lowest BCUT2D eigenvalue weighted by Gasteiger charge is -2.07. The third-order valence-corrected chi connectivity index (χ3v) is 2.42. The van der Waals surface area contributed by atoms with Crippen LogP contribution in [0.3, 0.4) is 0 Å². The summed E-state index contributed by atoms with van der Waals surface area (Å²) < 4.78 is 4.78. The van der Waals surface area contributed by atoms with Gasteiger partial charge in [0.2, 0.25) is 0 Å². The Morgan fingerprint density at radius 2 is 2.17 bits per heavy atom. The van der Waals surface area contributed by atoms with Crippen LogP contribution in [0, 0.1) is 17.2 Å². The molecule has 0 fully saturated rings. The molecule has 1 aromatic carbocycles. The van der Waals surface area contributed by atoms with E-state index >= 15 is 0 Å². The van der Waals surface area contributed by atoms with E-state index in [1.54, 1.807) is 6.92 Å².